The Morgan fingerprint density at radius 2 is 1.87 bits per heavy atom. The van der Waals surface area contributed by atoms with Gasteiger partial charge in [-0.2, -0.15) is 4.31 Å². The molecule has 1 aromatic rings. The molecule has 2 atom stereocenters. The van der Waals surface area contributed by atoms with E-state index in [-0.39, 0.29) is 23.0 Å². The number of anilines is 1. The fraction of sp³-hybridized carbons (Fsp3) is 0.562. The second kappa shape index (κ2) is 6.22. The number of morpholine rings is 1. The van der Waals surface area contributed by atoms with Gasteiger partial charge in [-0.25, -0.2) is 8.42 Å². The molecule has 0 radical (unpaired) electrons. The van der Waals surface area contributed by atoms with Crippen LogP contribution in [0.1, 0.15) is 32.3 Å². The van der Waals surface area contributed by atoms with Gasteiger partial charge in [0, 0.05) is 25.2 Å². The molecule has 3 rings (SSSR count). The smallest absolute Gasteiger partial charge is 0.243 e. The molecule has 1 aromatic carbocycles. The van der Waals surface area contributed by atoms with Crippen molar-refractivity contribution in [2.45, 2.75) is 50.2 Å². The van der Waals surface area contributed by atoms with Crippen molar-refractivity contribution < 1.29 is 17.9 Å². The number of nitrogens with one attached hydrogen (secondary N) is 1. The Kier molecular flexibility index (Phi) is 4.44. The van der Waals surface area contributed by atoms with Crippen molar-refractivity contribution in [1.29, 1.82) is 0 Å². The third-order valence-electron chi connectivity index (χ3n) is 4.22. The first kappa shape index (κ1) is 16.4. The molecule has 0 saturated carbocycles. The molecule has 0 bridgehead atoms. The summed E-state index contributed by atoms with van der Waals surface area (Å²) < 4.78 is 32.9. The second-order valence-electron chi connectivity index (χ2n) is 6.30. The lowest BCUT2D eigenvalue weighted by Gasteiger charge is -2.34. The molecule has 0 aromatic heterocycles. The van der Waals surface area contributed by atoms with E-state index in [1.807, 2.05) is 13.8 Å². The van der Waals surface area contributed by atoms with E-state index in [4.69, 9.17) is 4.74 Å². The molecule has 23 heavy (non-hydrogen) atoms. The minimum atomic E-state index is -3.55. The van der Waals surface area contributed by atoms with Crippen molar-refractivity contribution in [3.63, 3.8) is 0 Å². The van der Waals surface area contributed by atoms with Gasteiger partial charge in [-0.1, -0.05) is 0 Å². The zero-order valence-electron chi connectivity index (χ0n) is 13.4. The summed E-state index contributed by atoms with van der Waals surface area (Å²) in [4.78, 5) is 11.9. The van der Waals surface area contributed by atoms with Crippen molar-refractivity contribution in [2.75, 3.05) is 18.4 Å². The Bertz CT molecular complexity index is 707. The van der Waals surface area contributed by atoms with Crippen LogP contribution in [0.4, 0.5) is 5.69 Å². The van der Waals surface area contributed by atoms with Crippen LogP contribution in [0, 0.1) is 0 Å². The minimum absolute atomic E-state index is 0.0183. The lowest BCUT2D eigenvalue weighted by molar-refractivity contribution is -0.116. The van der Waals surface area contributed by atoms with E-state index in [9.17, 15) is 13.2 Å². The number of ether oxygens (including phenoxy) is 1. The van der Waals surface area contributed by atoms with Crippen molar-refractivity contribution in [3.05, 3.63) is 23.8 Å². The van der Waals surface area contributed by atoms with E-state index in [1.54, 1.807) is 18.2 Å². The van der Waals surface area contributed by atoms with Gasteiger partial charge in [0.15, 0.2) is 0 Å². The number of fused-ring (bicyclic) bond motifs is 1. The van der Waals surface area contributed by atoms with Crippen LogP contribution in [-0.4, -0.2) is 43.9 Å². The largest absolute Gasteiger partial charge is 0.373 e. The van der Waals surface area contributed by atoms with Gasteiger partial charge in [0.2, 0.25) is 15.9 Å². The number of hydrogen-bond donors (Lipinski definition) is 1. The first-order valence-electron chi connectivity index (χ1n) is 7.94. The Balaban J connectivity index is 1.91. The predicted octanol–water partition coefficient (Wildman–Crippen LogP) is 1.76. The average molecular weight is 338 g/mol. The van der Waals surface area contributed by atoms with Crippen LogP contribution in [0.25, 0.3) is 0 Å². The van der Waals surface area contributed by atoms with E-state index in [2.05, 4.69) is 5.32 Å². The SMILES string of the molecule is CC1CN(S(=O)(=O)c2ccc3c(c2)CCCC(=O)N3)CC(C)O1. The molecule has 0 spiro atoms. The Labute approximate surface area is 136 Å². The average Bonchev–Trinajstić information content (AvgIpc) is 2.66. The Morgan fingerprint density at radius 1 is 1.17 bits per heavy atom. The molecule has 2 unspecified atom stereocenters. The summed E-state index contributed by atoms with van der Waals surface area (Å²) in [6.45, 7) is 4.48. The maximum Gasteiger partial charge on any atom is 0.243 e. The van der Waals surface area contributed by atoms with Crippen LogP contribution in [-0.2, 0) is 26.0 Å². The van der Waals surface area contributed by atoms with Crippen LogP contribution >= 0.6 is 0 Å². The summed E-state index contributed by atoms with van der Waals surface area (Å²) in [5.74, 6) is -0.0183. The highest BCUT2D eigenvalue weighted by Gasteiger charge is 2.32. The molecule has 1 amide bonds. The van der Waals surface area contributed by atoms with Crippen LogP contribution in [0.2, 0.25) is 0 Å². The van der Waals surface area contributed by atoms with Crippen molar-refractivity contribution in [3.8, 4) is 0 Å². The molecular formula is C16H22N2O4S. The molecule has 7 heteroatoms. The number of benzene rings is 1. The van der Waals surface area contributed by atoms with Gasteiger partial charge in [-0.3, -0.25) is 4.79 Å². The minimum Gasteiger partial charge on any atom is -0.373 e. The lowest BCUT2D eigenvalue weighted by atomic mass is 10.1. The third-order valence-corrected chi connectivity index (χ3v) is 6.05. The van der Waals surface area contributed by atoms with Crippen LogP contribution in [0.15, 0.2) is 23.1 Å². The normalized spacial score (nSPS) is 26.3. The molecule has 126 valence electrons. The van der Waals surface area contributed by atoms with Crippen LogP contribution in [0.3, 0.4) is 0 Å². The predicted molar refractivity (Wildman–Crippen MR) is 86.8 cm³/mol. The summed E-state index contributed by atoms with van der Waals surface area (Å²) in [6.07, 6.45) is 1.67. The summed E-state index contributed by atoms with van der Waals surface area (Å²) in [5.41, 5.74) is 1.60. The van der Waals surface area contributed by atoms with E-state index in [0.29, 0.717) is 25.9 Å². The molecule has 2 aliphatic heterocycles. The number of aryl methyl sites for hydroxylation is 1. The van der Waals surface area contributed by atoms with Crippen molar-refractivity contribution in [1.82, 2.24) is 4.31 Å². The molecule has 1 fully saturated rings. The zero-order valence-corrected chi connectivity index (χ0v) is 14.2. The highest BCUT2D eigenvalue weighted by molar-refractivity contribution is 7.89. The molecule has 6 nitrogen and oxygen atoms in total. The fourth-order valence-electron chi connectivity index (χ4n) is 3.19. The summed E-state index contributed by atoms with van der Waals surface area (Å²) in [7, 11) is -3.55. The second-order valence-corrected chi connectivity index (χ2v) is 8.24. The highest BCUT2D eigenvalue weighted by atomic mass is 32.2. The van der Waals surface area contributed by atoms with E-state index >= 15 is 0 Å². The van der Waals surface area contributed by atoms with Gasteiger partial charge >= 0.3 is 0 Å². The van der Waals surface area contributed by atoms with Crippen molar-refractivity contribution in [2.24, 2.45) is 0 Å². The highest BCUT2D eigenvalue weighted by Crippen LogP contribution is 2.28. The number of carbonyl (C=O) groups excluding carboxylic acids is 1. The standard InChI is InChI=1S/C16H22N2O4S/c1-11-9-18(10-12(2)22-11)23(20,21)14-6-7-15-13(8-14)4-3-5-16(19)17-15/h6-8,11-12H,3-5,9-10H2,1-2H3,(H,17,19). The number of hydrogen-bond acceptors (Lipinski definition) is 4. The van der Waals surface area contributed by atoms with Crippen molar-refractivity contribution >= 4 is 21.6 Å². The lowest BCUT2D eigenvalue weighted by Crippen LogP contribution is -2.48. The van der Waals surface area contributed by atoms with Gasteiger partial charge in [-0.05, 0) is 50.5 Å². The first-order chi connectivity index (χ1) is 10.9. The van der Waals surface area contributed by atoms with E-state index < -0.39 is 10.0 Å². The van der Waals surface area contributed by atoms with Crippen LogP contribution < -0.4 is 5.32 Å². The maximum atomic E-state index is 12.9. The van der Waals surface area contributed by atoms with Crippen LogP contribution in [0.5, 0.6) is 0 Å². The number of amides is 1. The Hall–Kier alpha value is -1.44. The van der Waals surface area contributed by atoms with Gasteiger partial charge in [-0.15, -0.1) is 0 Å². The summed E-state index contributed by atoms with van der Waals surface area (Å²) in [5, 5.41) is 2.83. The van der Waals surface area contributed by atoms with E-state index in [0.717, 1.165) is 17.7 Å². The van der Waals surface area contributed by atoms with Gasteiger partial charge in [0.05, 0.1) is 17.1 Å². The Morgan fingerprint density at radius 3 is 2.57 bits per heavy atom. The van der Waals surface area contributed by atoms with Gasteiger partial charge < -0.3 is 10.1 Å². The zero-order chi connectivity index (χ0) is 16.6. The third kappa shape index (κ3) is 3.41. The maximum absolute atomic E-state index is 12.9. The monoisotopic (exact) mass is 338 g/mol. The number of rotatable bonds is 2. The summed E-state index contributed by atoms with van der Waals surface area (Å²) in [6, 6.07) is 4.96. The molecule has 0 aliphatic carbocycles. The number of sulfonamides is 1. The molecule has 1 saturated heterocycles. The van der Waals surface area contributed by atoms with E-state index in [1.165, 1.54) is 4.31 Å². The molecule has 1 N–H and O–H groups in total. The van der Waals surface area contributed by atoms with Gasteiger partial charge in [0.25, 0.3) is 0 Å². The topological polar surface area (TPSA) is 75.7 Å². The molecular weight excluding hydrogens is 316 g/mol. The molecule has 2 heterocycles. The summed E-state index contributed by atoms with van der Waals surface area (Å²) >= 11 is 0. The fourth-order valence-corrected chi connectivity index (χ4v) is 4.83. The quantitative estimate of drug-likeness (QED) is 0.891. The molecule has 2 aliphatic rings. The number of nitrogens with zero attached hydrogens (tertiary/aromatic N) is 1. The number of carbonyl (C=O) groups is 1. The van der Waals surface area contributed by atoms with Gasteiger partial charge in [0.1, 0.15) is 0 Å². The first-order valence-corrected chi connectivity index (χ1v) is 9.38.